The molecule has 124 valence electrons. The van der Waals surface area contributed by atoms with Gasteiger partial charge in [0, 0.05) is 18.6 Å². The number of nitrogens with zero attached hydrogens (tertiary/aromatic N) is 3. The number of oxazole rings is 1. The predicted molar refractivity (Wildman–Crippen MR) is 94.0 cm³/mol. The first kappa shape index (κ1) is 15.1. The Hall–Kier alpha value is -3.41. The fraction of sp³-hybridized carbons (Fsp3) is 0.105. The summed E-state index contributed by atoms with van der Waals surface area (Å²) in [5.74, 6) is 2.39. The monoisotopic (exact) mass is 333 g/mol. The third-order valence-corrected chi connectivity index (χ3v) is 3.73. The molecule has 0 amide bonds. The maximum atomic E-state index is 5.47. The molecule has 0 radical (unpaired) electrons. The summed E-state index contributed by atoms with van der Waals surface area (Å²) in [5, 5.41) is 4.02. The zero-order valence-electron chi connectivity index (χ0n) is 13.8. The molecule has 0 aliphatic rings. The van der Waals surface area contributed by atoms with Gasteiger partial charge in [-0.1, -0.05) is 17.3 Å². The topological polar surface area (TPSA) is 74.2 Å². The normalized spacial score (nSPS) is 11.4. The van der Waals surface area contributed by atoms with E-state index in [1.54, 1.807) is 13.2 Å². The first-order valence-electron chi connectivity index (χ1n) is 7.75. The van der Waals surface area contributed by atoms with Gasteiger partial charge < -0.3 is 13.7 Å². The van der Waals surface area contributed by atoms with E-state index < -0.39 is 0 Å². The standard InChI is InChI=1S/C19H15N3O3/c1-12-20-16-11-14(6-9-17(16)24-12)19-21-18(25-22-19)10-5-13-3-7-15(23-2)8-4-13/h3-11H,1-2H3. The van der Waals surface area contributed by atoms with Crippen LogP contribution in [0.4, 0.5) is 0 Å². The van der Waals surface area contributed by atoms with Crippen LogP contribution in [0, 0.1) is 6.92 Å². The molecule has 0 unspecified atom stereocenters. The lowest BCUT2D eigenvalue weighted by atomic mass is 10.2. The molecule has 0 saturated carbocycles. The number of ether oxygens (including phenoxy) is 1. The van der Waals surface area contributed by atoms with Gasteiger partial charge >= 0.3 is 0 Å². The predicted octanol–water partition coefficient (Wildman–Crippen LogP) is 4.37. The summed E-state index contributed by atoms with van der Waals surface area (Å²) >= 11 is 0. The molecule has 0 bridgehead atoms. The van der Waals surface area contributed by atoms with Crippen LogP contribution in [0.25, 0.3) is 34.6 Å². The molecule has 4 aromatic rings. The van der Waals surface area contributed by atoms with Gasteiger partial charge in [0.1, 0.15) is 11.3 Å². The second-order valence-corrected chi connectivity index (χ2v) is 5.48. The minimum absolute atomic E-state index is 0.433. The van der Waals surface area contributed by atoms with Crippen molar-refractivity contribution in [3.63, 3.8) is 0 Å². The molecule has 6 heteroatoms. The van der Waals surface area contributed by atoms with E-state index in [0.717, 1.165) is 28.0 Å². The van der Waals surface area contributed by atoms with E-state index in [2.05, 4.69) is 15.1 Å². The molecular formula is C19H15N3O3. The Kier molecular flexibility index (Phi) is 3.78. The van der Waals surface area contributed by atoms with E-state index >= 15 is 0 Å². The van der Waals surface area contributed by atoms with Gasteiger partial charge in [-0.05, 0) is 42.0 Å². The zero-order valence-corrected chi connectivity index (χ0v) is 13.8. The number of benzene rings is 2. The van der Waals surface area contributed by atoms with Crippen molar-refractivity contribution in [2.24, 2.45) is 0 Å². The molecule has 2 heterocycles. The molecule has 0 saturated heterocycles. The third kappa shape index (κ3) is 3.14. The SMILES string of the molecule is COc1ccc(C=Cc2nc(-c3ccc4oc(C)nc4c3)no2)cc1. The lowest BCUT2D eigenvalue weighted by molar-refractivity contribution is 0.411. The molecule has 4 rings (SSSR count). The highest BCUT2D eigenvalue weighted by Crippen LogP contribution is 2.23. The van der Waals surface area contributed by atoms with Crippen LogP contribution in [0.2, 0.25) is 0 Å². The van der Waals surface area contributed by atoms with Crippen molar-refractivity contribution >= 4 is 23.3 Å². The van der Waals surface area contributed by atoms with Gasteiger partial charge in [0.2, 0.25) is 5.82 Å². The average Bonchev–Trinajstić information content (AvgIpc) is 3.25. The maximum absolute atomic E-state index is 5.47. The molecule has 0 spiro atoms. The van der Waals surface area contributed by atoms with Crippen LogP contribution in [0.1, 0.15) is 17.3 Å². The van der Waals surface area contributed by atoms with Gasteiger partial charge in [-0.2, -0.15) is 4.98 Å². The van der Waals surface area contributed by atoms with Crippen molar-refractivity contribution in [3.05, 3.63) is 59.8 Å². The van der Waals surface area contributed by atoms with E-state index in [1.165, 1.54) is 0 Å². The fourth-order valence-electron chi connectivity index (χ4n) is 2.48. The Morgan fingerprint density at radius 1 is 1.00 bits per heavy atom. The van der Waals surface area contributed by atoms with Crippen molar-refractivity contribution < 1.29 is 13.7 Å². The summed E-state index contributed by atoms with van der Waals surface area (Å²) in [6, 6.07) is 13.3. The lowest BCUT2D eigenvalue weighted by Crippen LogP contribution is -1.82. The number of fused-ring (bicyclic) bond motifs is 1. The van der Waals surface area contributed by atoms with Crippen molar-refractivity contribution in [1.82, 2.24) is 15.1 Å². The number of hydrogen-bond acceptors (Lipinski definition) is 6. The van der Waals surface area contributed by atoms with Gasteiger partial charge in [-0.15, -0.1) is 0 Å². The van der Waals surface area contributed by atoms with E-state index in [4.69, 9.17) is 13.7 Å². The molecule has 2 aromatic heterocycles. The maximum Gasteiger partial charge on any atom is 0.250 e. The molecule has 25 heavy (non-hydrogen) atoms. The molecular weight excluding hydrogens is 318 g/mol. The number of aryl methyl sites for hydroxylation is 1. The highest BCUT2D eigenvalue weighted by Gasteiger charge is 2.10. The molecule has 0 aliphatic carbocycles. The molecule has 6 nitrogen and oxygen atoms in total. The quantitative estimate of drug-likeness (QED) is 0.552. The highest BCUT2D eigenvalue weighted by molar-refractivity contribution is 5.78. The zero-order chi connectivity index (χ0) is 17.2. The van der Waals surface area contributed by atoms with Crippen molar-refractivity contribution in [3.8, 4) is 17.1 Å². The molecule has 0 aliphatic heterocycles. The molecule has 0 atom stereocenters. The Morgan fingerprint density at radius 2 is 1.84 bits per heavy atom. The summed E-state index contributed by atoms with van der Waals surface area (Å²) in [6.45, 7) is 1.82. The van der Waals surface area contributed by atoms with Gasteiger partial charge in [0.05, 0.1) is 7.11 Å². The van der Waals surface area contributed by atoms with Crippen LogP contribution in [0.5, 0.6) is 5.75 Å². The highest BCUT2D eigenvalue weighted by atomic mass is 16.5. The van der Waals surface area contributed by atoms with Crippen LogP contribution in [0.15, 0.2) is 51.4 Å². The Labute approximate surface area is 143 Å². The van der Waals surface area contributed by atoms with Gasteiger partial charge in [0.25, 0.3) is 5.89 Å². The van der Waals surface area contributed by atoms with E-state index in [-0.39, 0.29) is 0 Å². The van der Waals surface area contributed by atoms with Crippen molar-refractivity contribution in [2.45, 2.75) is 6.92 Å². The van der Waals surface area contributed by atoms with Crippen LogP contribution in [-0.4, -0.2) is 22.2 Å². The van der Waals surface area contributed by atoms with Gasteiger partial charge in [-0.3, -0.25) is 0 Å². The van der Waals surface area contributed by atoms with Crippen LogP contribution in [0.3, 0.4) is 0 Å². The summed E-state index contributed by atoms with van der Waals surface area (Å²) in [6.07, 6.45) is 3.68. The minimum Gasteiger partial charge on any atom is -0.497 e. The van der Waals surface area contributed by atoms with Gasteiger partial charge in [0.15, 0.2) is 11.5 Å². The average molecular weight is 333 g/mol. The number of rotatable bonds is 4. The van der Waals surface area contributed by atoms with Crippen LogP contribution < -0.4 is 4.74 Å². The van der Waals surface area contributed by atoms with Crippen LogP contribution >= 0.6 is 0 Å². The Balaban J connectivity index is 1.56. The van der Waals surface area contributed by atoms with E-state index in [9.17, 15) is 0 Å². The minimum atomic E-state index is 0.433. The number of methoxy groups -OCH3 is 1. The van der Waals surface area contributed by atoms with Crippen molar-refractivity contribution in [1.29, 1.82) is 0 Å². The summed E-state index contributed by atoms with van der Waals surface area (Å²) in [5.41, 5.74) is 3.35. The molecule has 0 fully saturated rings. The van der Waals surface area contributed by atoms with E-state index in [1.807, 2.05) is 55.5 Å². The lowest BCUT2D eigenvalue weighted by Gasteiger charge is -1.98. The summed E-state index contributed by atoms with van der Waals surface area (Å²) < 4.78 is 15.9. The largest absolute Gasteiger partial charge is 0.497 e. The van der Waals surface area contributed by atoms with Crippen LogP contribution in [-0.2, 0) is 0 Å². The second-order valence-electron chi connectivity index (χ2n) is 5.48. The summed E-state index contributed by atoms with van der Waals surface area (Å²) in [7, 11) is 1.64. The fourth-order valence-corrected chi connectivity index (χ4v) is 2.48. The smallest absolute Gasteiger partial charge is 0.250 e. The molecule has 2 aromatic carbocycles. The molecule has 0 N–H and O–H groups in total. The van der Waals surface area contributed by atoms with Gasteiger partial charge in [-0.25, -0.2) is 4.98 Å². The summed E-state index contributed by atoms with van der Waals surface area (Å²) in [4.78, 5) is 8.71. The van der Waals surface area contributed by atoms with Crippen molar-refractivity contribution in [2.75, 3.05) is 7.11 Å². The number of aromatic nitrogens is 3. The van der Waals surface area contributed by atoms with E-state index in [0.29, 0.717) is 17.6 Å². The Bertz CT molecular complexity index is 1050. The first-order chi connectivity index (χ1) is 12.2. The Morgan fingerprint density at radius 3 is 2.64 bits per heavy atom. The number of hydrogen-bond donors (Lipinski definition) is 0. The second kappa shape index (κ2) is 6.24. The first-order valence-corrected chi connectivity index (χ1v) is 7.75. The third-order valence-electron chi connectivity index (χ3n) is 3.73.